The summed E-state index contributed by atoms with van der Waals surface area (Å²) in [6.45, 7) is 7.28. The van der Waals surface area contributed by atoms with Crippen molar-refractivity contribution in [2.24, 2.45) is 5.73 Å². The Morgan fingerprint density at radius 2 is 2.05 bits per heavy atom. The van der Waals surface area contributed by atoms with Crippen LogP contribution >= 0.6 is 0 Å². The second kappa shape index (κ2) is 7.51. The molecule has 1 saturated heterocycles. The van der Waals surface area contributed by atoms with E-state index in [9.17, 15) is 0 Å². The van der Waals surface area contributed by atoms with Gasteiger partial charge in [-0.3, -0.25) is 0 Å². The van der Waals surface area contributed by atoms with Crippen molar-refractivity contribution in [3.8, 4) is 5.75 Å². The molecule has 1 heterocycles. The van der Waals surface area contributed by atoms with Crippen LogP contribution < -0.4 is 10.5 Å². The SMILES string of the molecule is Cc1ccc(OCCCN2CCCC2)c(CCN)c1. The van der Waals surface area contributed by atoms with Gasteiger partial charge in [-0.05, 0) is 63.9 Å². The number of hydrogen-bond donors (Lipinski definition) is 1. The molecule has 0 spiro atoms. The second-order valence-corrected chi connectivity index (χ2v) is 5.40. The van der Waals surface area contributed by atoms with Gasteiger partial charge in [-0.2, -0.15) is 0 Å². The lowest BCUT2D eigenvalue weighted by Crippen LogP contribution is -2.22. The minimum Gasteiger partial charge on any atom is -0.493 e. The monoisotopic (exact) mass is 262 g/mol. The topological polar surface area (TPSA) is 38.5 Å². The van der Waals surface area contributed by atoms with Crippen LogP contribution in [0.4, 0.5) is 0 Å². The third-order valence-corrected chi connectivity index (χ3v) is 3.70. The highest BCUT2D eigenvalue weighted by molar-refractivity contribution is 5.37. The van der Waals surface area contributed by atoms with Crippen molar-refractivity contribution in [2.75, 3.05) is 32.8 Å². The molecule has 0 radical (unpaired) electrons. The Morgan fingerprint density at radius 3 is 2.79 bits per heavy atom. The Balaban J connectivity index is 1.77. The standard InChI is InChI=1S/C16H26N2O/c1-14-5-6-16(15(13-14)7-8-17)19-12-4-11-18-9-2-3-10-18/h5-6,13H,2-4,7-12,17H2,1H3. The summed E-state index contributed by atoms with van der Waals surface area (Å²) in [5, 5.41) is 0. The molecule has 1 aliphatic heterocycles. The van der Waals surface area contributed by atoms with E-state index < -0.39 is 0 Å². The molecule has 3 nitrogen and oxygen atoms in total. The molecule has 19 heavy (non-hydrogen) atoms. The minimum atomic E-state index is 0.674. The Kier molecular flexibility index (Phi) is 5.67. The minimum absolute atomic E-state index is 0.674. The Bertz CT molecular complexity index is 386. The lowest BCUT2D eigenvalue weighted by atomic mass is 10.1. The molecule has 0 aliphatic carbocycles. The number of nitrogens with zero attached hydrogens (tertiary/aromatic N) is 1. The van der Waals surface area contributed by atoms with Gasteiger partial charge in [0, 0.05) is 6.54 Å². The highest BCUT2D eigenvalue weighted by Gasteiger charge is 2.10. The molecule has 106 valence electrons. The summed E-state index contributed by atoms with van der Waals surface area (Å²) in [4.78, 5) is 2.53. The van der Waals surface area contributed by atoms with Crippen molar-refractivity contribution in [3.05, 3.63) is 29.3 Å². The van der Waals surface area contributed by atoms with Crippen LogP contribution in [0.3, 0.4) is 0 Å². The van der Waals surface area contributed by atoms with E-state index in [4.69, 9.17) is 10.5 Å². The van der Waals surface area contributed by atoms with Gasteiger partial charge in [0.15, 0.2) is 0 Å². The predicted molar refractivity (Wildman–Crippen MR) is 79.7 cm³/mol. The van der Waals surface area contributed by atoms with Crippen molar-refractivity contribution in [3.63, 3.8) is 0 Å². The number of aryl methyl sites for hydroxylation is 1. The van der Waals surface area contributed by atoms with E-state index in [1.54, 1.807) is 0 Å². The molecule has 2 rings (SSSR count). The van der Waals surface area contributed by atoms with Crippen molar-refractivity contribution in [2.45, 2.75) is 32.6 Å². The number of hydrogen-bond acceptors (Lipinski definition) is 3. The van der Waals surface area contributed by atoms with Gasteiger partial charge < -0.3 is 15.4 Å². The molecular formula is C16H26N2O. The quantitative estimate of drug-likeness (QED) is 0.767. The van der Waals surface area contributed by atoms with E-state index in [1.165, 1.54) is 37.1 Å². The van der Waals surface area contributed by atoms with E-state index in [-0.39, 0.29) is 0 Å². The zero-order chi connectivity index (χ0) is 13.5. The molecule has 0 bridgehead atoms. The first kappa shape index (κ1) is 14.4. The summed E-state index contributed by atoms with van der Waals surface area (Å²) in [5.41, 5.74) is 8.17. The maximum absolute atomic E-state index is 5.92. The molecule has 1 fully saturated rings. The van der Waals surface area contributed by atoms with E-state index >= 15 is 0 Å². The fraction of sp³-hybridized carbons (Fsp3) is 0.625. The highest BCUT2D eigenvalue weighted by atomic mass is 16.5. The molecule has 1 aromatic carbocycles. The average molecular weight is 262 g/mol. The average Bonchev–Trinajstić information content (AvgIpc) is 2.90. The molecule has 0 atom stereocenters. The zero-order valence-electron chi connectivity index (χ0n) is 12.0. The first-order valence-corrected chi connectivity index (χ1v) is 7.44. The molecule has 0 unspecified atom stereocenters. The molecule has 3 heteroatoms. The van der Waals surface area contributed by atoms with E-state index in [1.807, 2.05) is 0 Å². The normalized spacial score (nSPS) is 15.9. The molecule has 0 saturated carbocycles. The van der Waals surface area contributed by atoms with Crippen molar-refractivity contribution >= 4 is 0 Å². The number of likely N-dealkylation sites (tertiary alicyclic amines) is 1. The summed E-state index contributed by atoms with van der Waals surface area (Å²) in [6, 6.07) is 6.37. The van der Waals surface area contributed by atoms with Crippen molar-refractivity contribution in [1.29, 1.82) is 0 Å². The zero-order valence-corrected chi connectivity index (χ0v) is 12.0. The number of rotatable bonds is 7. The van der Waals surface area contributed by atoms with Crippen LogP contribution in [-0.4, -0.2) is 37.7 Å². The lowest BCUT2D eigenvalue weighted by Gasteiger charge is -2.16. The first-order chi connectivity index (χ1) is 9.29. The maximum atomic E-state index is 5.92. The Hall–Kier alpha value is -1.06. The maximum Gasteiger partial charge on any atom is 0.122 e. The van der Waals surface area contributed by atoms with Gasteiger partial charge >= 0.3 is 0 Å². The highest BCUT2D eigenvalue weighted by Crippen LogP contribution is 2.20. The third kappa shape index (κ3) is 4.51. The van der Waals surface area contributed by atoms with Gasteiger partial charge in [-0.1, -0.05) is 17.7 Å². The van der Waals surface area contributed by atoms with Crippen molar-refractivity contribution < 1.29 is 4.74 Å². The van der Waals surface area contributed by atoms with Crippen LogP contribution in [0.25, 0.3) is 0 Å². The first-order valence-electron chi connectivity index (χ1n) is 7.44. The van der Waals surface area contributed by atoms with E-state index in [0.29, 0.717) is 6.54 Å². The number of nitrogens with two attached hydrogens (primary N) is 1. The fourth-order valence-corrected chi connectivity index (χ4v) is 2.68. The van der Waals surface area contributed by atoms with Gasteiger partial charge in [0.05, 0.1) is 6.61 Å². The summed E-state index contributed by atoms with van der Waals surface area (Å²) in [7, 11) is 0. The summed E-state index contributed by atoms with van der Waals surface area (Å²) in [6.07, 6.45) is 4.72. The van der Waals surface area contributed by atoms with Crippen LogP contribution in [0, 0.1) is 6.92 Å². The van der Waals surface area contributed by atoms with Crippen LogP contribution in [0.5, 0.6) is 5.75 Å². The van der Waals surface area contributed by atoms with Crippen LogP contribution in [0.2, 0.25) is 0 Å². The third-order valence-electron chi connectivity index (χ3n) is 3.70. The molecule has 2 N–H and O–H groups in total. The fourth-order valence-electron chi connectivity index (χ4n) is 2.68. The van der Waals surface area contributed by atoms with Gasteiger partial charge in [0.1, 0.15) is 5.75 Å². The van der Waals surface area contributed by atoms with Crippen molar-refractivity contribution in [1.82, 2.24) is 4.90 Å². The molecule has 1 aromatic rings. The Labute approximate surface area is 116 Å². The van der Waals surface area contributed by atoms with E-state index in [0.717, 1.165) is 31.7 Å². The Morgan fingerprint density at radius 1 is 1.26 bits per heavy atom. The van der Waals surface area contributed by atoms with Crippen LogP contribution in [-0.2, 0) is 6.42 Å². The smallest absolute Gasteiger partial charge is 0.122 e. The summed E-state index contributed by atoms with van der Waals surface area (Å²) < 4.78 is 5.92. The van der Waals surface area contributed by atoms with Gasteiger partial charge in [-0.25, -0.2) is 0 Å². The summed E-state index contributed by atoms with van der Waals surface area (Å²) in [5.74, 6) is 1.01. The molecule has 0 amide bonds. The van der Waals surface area contributed by atoms with Gasteiger partial charge in [-0.15, -0.1) is 0 Å². The predicted octanol–water partition coefficient (Wildman–Crippen LogP) is 2.36. The van der Waals surface area contributed by atoms with Gasteiger partial charge in [0.2, 0.25) is 0 Å². The number of benzene rings is 1. The van der Waals surface area contributed by atoms with E-state index in [2.05, 4.69) is 30.0 Å². The largest absolute Gasteiger partial charge is 0.493 e. The molecule has 0 aromatic heterocycles. The number of ether oxygens (including phenoxy) is 1. The van der Waals surface area contributed by atoms with Crippen LogP contribution in [0.15, 0.2) is 18.2 Å². The molecule has 1 aliphatic rings. The second-order valence-electron chi connectivity index (χ2n) is 5.40. The van der Waals surface area contributed by atoms with Crippen LogP contribution in [0.1, 0.15) is 30.4 Å². The van der Waals surface area contributed by atoms with Gasteiger partial charge in [0.25, 0.3) is 0 Å². The molecular weight excluding hydrogens is 236 g/mol. The lowest BCUT2D eigenvalue weighted by molar-refractivity contribution is 0.262. The summed E-state index contributed by atoms with van der Waals surface area (Å²) >= 11 is 0.